The van der Waals surface area contributed by atoms with Gasteiger partial charge in [0.2, 0.25) is 0 Å². The van der Waals surface area contributed by atoms with Crippen LogP contribution in [0.3, 0.4) is 0 Å². The van der Waals surface area contributed by atoms with E-state index < -0.39 is 5.97 Å². The number of imidazole rings is 1. The molecule has 0 unspecified atom stereocenters. The van der Waals surface area contributed by atoms with Crippen molar-refractivity contribution in [3.63, 3.8) is 0 Å². The summed E-state index contributed by atoms with van der Waals surface area (Å²) in [7, 11) is 0. The van der Waals surface area contributed by atoms with E-state index in [9.17, 15) is 9.90 Å². The van der Waals surface area contributed by atoms with E-state index in [1.54, 1.807) is 16.5 Å². The molecule has 1 N–H and O–H groups in total. The molecule has 0 atom stereocenters. The third-order valence-electron chi connectivity index (χ3n) is 3.83. The molecule has 100 valence electrons. The van der Waals surface area contributed by atoms with Crippen LogP contribution in [0, 0.1) is 0 Å². The van der Waals surface area contributed by atoms with Crippen LogP contribution in [0.15, 0.2) is 22.8 Å². The van der Waals surface area contributed by atoms with E-state index in [2.05, 4.69) is 20.9 Å². The summed E-state index contributed by atoms with van der Waals surface area (Å²) in [6, 6.07) is 5.29. The van der Waals surface area contributed by atoms with E-state index in [4.69, 9.17) is 0 Å². The maximum Gasteiger partial charge on any atom is 0.352 e. The SMILES string of the molecule is O=C(O)c1cccc2c(Br)nc(C3CCCCC3)n12. The molecular weight excluding hydrogens is 308 g/mol. The maximum absolute atomic E-state index is 11.4. The van der Waals surface area contributed by atoms with E-state index in [-0.39, 0.29) is 5.69 Å². The second-order valence-electron chi connectivity index (χ2n) is 5.03. The predicted molar refractivity (Wildman–Crippen MR) is 75.7 cm³/mol. The van der Waals surface area contributed by atoms with Crippen LogP contribution < -0.4 is 0 Å². The van der Waals surface area contributed by atoms with E-state index in [0.29, 0.717) is 5.92 Å². The zero-order valence-corrected chi connectivity index (χ0v) is 12.1. The van der Waals surface area contributed by atoms with Crippen molar-refractivity contribution in [2.24, 2.45) is 0 Å². The van der Waals surface area contributed by atoms with Crippen molar-refractivity contribution < 1.29 is 9.90 Å². The van der Waals surface area contributed by atoms with Crippen LogP contribution in [0.5, 0.6) is 0 Å². The van der Waals surface area contributed by atoms with Crippen molar-refractivity contribution in [1.29, 1.82) is 0 Å². The number of aromatic carboxylic acids is 1. The van der Waals surface area contributed by atoms with Crippen LogP contribution >= 0.6 is 15.9 Å². The Morgan fingerprint density at radius 3 is 2.74 bits per heavy atom. The van der Waals surface area contributed by atoms with Gasteiger partial charge in [0, 0.05) is 5.92 Å². The van der Waals surface area contributed by atoms with Gasteiger partial charge in [-0.25, -0.2) is 9.78 Å². The van der Waals surface area contributed by atoms with E-state index in [1.807, 2.05) is 6.07 Å². The highest BCUT2D eigenvalue weighted by Gasteiger charge is 2.24. The highest BCUT2D eigenvalue weighted by molar-refractivity contribution is 9.10. The van der Waals surface area contributed by atoms with Crippen LogP contribution in [-0.4, -0.2) is 20.5 Å². The third kappa shape index (κ3) is 2.16. The summed E-state index contributed by atoms with van der Waals surface area (Å²) < 4.78 is 2.53. The number of carbonyl (C=O) groups is 1. The Kier molecular flexibility index (Phi) is 3.31. The summed E-state index contributed by atoms with van der Waals surface area (Å²) in [5.41, 5.74) is 1.12. The number of pyridine rings is 1. The fraction of sp³-hybridized carbons (Fsp3) is 0.429. The fourth-order valence-corrected chi connectivity index (χ4v) is 3.42. The predicted octanol–water partition coefficient (Wildman–Crippen LogP) is 3.84. The van der Waals surface area contributed by atoms with Crippen molar-refractivity contribution in [2.45, 2.75) is 38.0 Å². The van der Waals surface area contributed by atoms with E-state index >= 15 is 0 Å². The van der Waals surface area contributed by atoms with Gasteiger partial charge in [-0.3, -0.25) is 4.40 Å². The van der Waals surface area contributed by atoms with Crippen molar-refractivity contribution >= 4 is 27.4 Å². The summed E-state index contributed by atoms with van der Waals surface area (Å²) in [5.74, 6) is 0.347. The number of carboxylic acid groups (broad SMARTS) is 1. The van der Waals surface area contributed by atoms with Gasteiger partial charge in [-0.1, -0.05) is 25.3 Å². The lowest BCUT2D eigenvalue weighted by Crippen LogP contribution is -2.13. The maximum atomic E-state index is 11.4. The lowest BCUT2D eigenvalue weighted by atomic mass is 9.88. The van der Waals surface area contributed by atoms with Crippen LogP contribution in [-0.2, 0) is 0 Å². The number of nitrogens with zero attached hydrogens (tertiary/aromatic N) is 2. The lowest BCUT2D eigenvalue weighted by Gasteiger charge is -2.20. The van der Waals surface area contributed by atoms with Gasteiger partial charge in [0.05, 0.1) is 5.52 Å². The summed E-state index contributed by atoms with van der Waals surface area (Å²) in [6.07, 6.45) is 5.87. The normalized spacial score (nSPS) is 16.9. The minimum Gasteiger partial charge on any atom is -0.477 e. The van der Waals surface area contributed by atoms with Crippen molar-refractivity contribution in [3.8, 4) is 0 Å². The highest BCUT2D eigenvalue weighted by Crippen LogP contribution is 2.34. The summed E-state index contributed by atoms with van der Waals surface area (Å²) in [4.78, 5) is 16.0. The molecule has 2 aromatic rings. The second kappa shape index (κ2) is 4.96. The van der Waals surface area contributed by atoms with Gasteiger partial charge in [0.25, 0.3) is 0 Å². The molecule has 0 spiro atoms. The first-order valence-corrected chi connectivity index (χ1v) is 7.38. The van der Waals surface area contributed by atoms with Crippen molar-refractivity contribution in [1.82, 2.24) is 9.38 Å². The summed E-state index contributed by atoms with van der Waals surface area (Å²) in [6.45, 7) is 0. The van der Waals surface area contributed by atoms with Crippen molar-refractivity contribution in [2.75, 3.05) is 0 Å². The van der Waals surface area contributed by atoms with Gasteiger partial charge in [-0.05, 0) is 40.9 Å². The Morgan fingerprint density at radius 1 is 1.32 bits per heavy atom. The van der Waals surface area contributed by atoms with Gasteiger partial charge in [0.15, 0.2) is 0 Å². The molecule has 1 aliphatic carbocycles. The monoisotopic (exact) mass is 322 g/mol. The number of aromatic nitrogens is 2. The molecule has 3 rings (SSSR count). The fourth-order valence-electron chi connectivity index (χ4n) is 2.93. The number of fused-ring (bicyclic) bond motifs is 1. The Morgan fingerprint density at radius 2 is 2.05 bits per heavy atom. The first-order chi connectivity index (χ1) is 9.18. The molecule has 0 aliphatic heterocycles. The third-order valence-corrected chi connectivity index (χ3v) is 4.42. The smallest absolute Gasteiger partial charge is 0.352 e. The van der Waals surface area contributed by atoms with Crippen LogP contribution in [0.25, 0.3) is 5.52 Å². The van der Waals surface area contributed by atoms with E-state index in [0.717, 1.165) is 28.8 Å². The molecule has 1 saturated carbocycles. The lowest BCUT2D eigenvalue weighted by molar-refractivity contribution is 0.0688. The average Bonchev–Trinajstić information content (AvgIpc) is 2.77. The minimum atomic E-state index is -0.910. The minimum absolute atomic E-state index is 0.288. The molecule has 0 radical (unpaired) electrons. The molecule has 5 heteroatoms. The standard InChI is InChI=1S/C14H15BrN2O2/c15-12-10-7-4-8-11(14(18)19)17(10)13(16-12)9-5-2-1-3-6-9/h4,7-9H,1-3,5-6H2,(H,18,19). The largest absolute Gasteiger partial charge is 0.477 e. The Balaban J connectivity index is 2.20. The molecule has 19 heavy (non-hydrogen) atoms. The van der Waals surface area contributed by atoms with Gasteiger partial charge >= 0.3 is 5.97 Å². The number of rotatable bonds is 2. The highest BCUT2D eigenvalue weighted by atomic mass is 79.9. The summed E-state index contributed by atoms with van der Waals surface area (Å²) >= 11 is 3.44. The summed E-state index contributed by atoms with van der Waals surface area (Å²) in [5, 5.41) is 9.35. The van der Waals surface area contributed by atoms with Crippen LogP contribution in [0.1, 0.15) is 54.3 Å². The Hall–Kier alpha value is -1.36. The number of halogens is 1. The number of hydrogen-bond acceptors (Lipinski definition) is 2. The van der Waals surface area contributed by atoms with Crippen LogP contribution in [0.2, 0.25) is 0 Å². The molecular formula is C14H15BrN2O2. The topological polar surface area (TPSA) is 54.6 Å². The Labute approximate surface area is 119 Å². The molecule has 1 aliphatic rings. The molecule has 1 fully saturated rings. The van der Waals surface area contributed by atoms with Crippen molar-refractivity contribution in [3.05, 3.63) is 34.3 Å². The molecule has 0 saturated heterocycles. The molecule has 2 heterocycles. The van der Waals surface area contributed by atoms with Gasteiger partial charge in [0.1, 0.15) is 16.1 Å². The number of hydrogen-bond donors (Lipinski definition) is 1. The second-order valence-corrected chi connectivity index (χ2v) is 5.78. The Bertz CT molecular complexity index is 630. The first kappa shape index (κ1) is 12.7. The van der Waals surface area contributed by atoms with Gasteiger partial charge in [-0.15, -0.1) is 0 Å². The zero-order chi connectivity index (χ0) is 13.4. The van der Waals surface area contributed by atoms with Gasteiger partial charge < -0.3 is 5.11 Å². The van der Waals surface area contributed by atoms with Gasteiger partial charge in [-0.2, -0.15) is 0 Å². The van der Waals surface area contributed by atoms with Crippen LogP contribution in [0.4, 0.5) is 0 Å². The number of carboxylic acids is 1. The molecule has 4 nitrogen and oxygen atoms in total. The zero-order valence-electron chi connectivity index (χ0n) is 10.5. The molecule has 0 aromatic carbocycles. The molecule has 0 amide bonds. The quantitative estimate of drug-likeness (QED) is 0.913. The first-order valence-electron chi connectivity index (χ1n) is 6.58. The van der Waals surface area contributed by atoms with E-state index in [1.165, 1.54) is 19.3 Å². The average molecular weight is 323 g/mol. The molecule has 0 bridgehead atoms. The molecule has 2 aromatic heterocycles.